The molecule has 1 N–H and O–H groups in total. The lowest BCUT2D eigenvalue weighted by atomic mass is 9.95. The summed E-state index contributed by atoms with van der Waals surface area (Å²) in [5.41, 5.74) is 0.818. The van der Waals surface area contributed by atoms with Gasteiger partial charge in [0.05, 0.1) is 21.2 Å². The Bertz CT molecular complexity index is 1610. The van der Waals surface area contributed by atoms with Crippen molar-refractivity contribution in [2.45, 2.75) is 82.6 Å². The maximum absolute atomic E-state index is 14.1. The Morgan fingerprint density at radius 3 is 2.09 bits per heavy atom. The van der Waals surface area contributed by atoms with Gasteiger partial charge in [0.25, 0.3) is 10.0 Å². The van der Waals surface area contributed by atoms with E-state index in [1.165, 1.54) is 17.0 Å². The van der Waals surface area contributed by atoms with Crippen LogP contribution in [0.15, 0.2) is 71.6 Å². The molecule has 0 heterocycles. The molecule has 1 unspecified atom stereocenters. The van der Waals surface area contributed by atoms with Crippen LogP contribution in [0.2, 0.25) is 5.02 Å². The summed E-state index contributed by atoms with van der Waals surface area (Å²) < 4.78 is 70.1. The number of nitrogens with zero attached hydrogens (tertiary/aromatic N) is 2. The van der Waals surface area contributed by atoms with Crippen molar-refractivity contribution in [2.24, 2.45) is 0 Å². The van der Waals surface area contributed by atoms with Gasteiger partial charge in [0, 0.05) is 12.6 Å². The smallest absolute Gasteiger partial charge is 0.352 e. The number of carbonyl (C=O) groups excluding carboxylic acids is 2. The van der Waals surface area contributed by atoms with Crippen molar-refractivity contribution in [1.29, 1.82) is 0 Å². The molecule has 4 rings (SSSR count). The fourth-order valence-corrected chi connectivity index (χ4v) is 6.92. The average Bonchev–Trinajstić information content (AvgIpc) is 2.99. The van der Waals surface area contributed by atoms with Gasteiger partial charge in [-0.25, -0.2) is 8.42 Å². The maximum Gasteiger partial charge on any atom is 0.417 e. The van der Waals surface area contributed by atoms with E-state index in [0.717, 1.165) is 55.4 Å². The highest BCUT2D eigenvalue weighted by Gasteiger charge is 2.37. The number of amides is 2. The number of benzene rings is 3. The molecule has 12 heteroatoms. The van der Waals surface area contributed by atoms with E-state index in [1.807, 2.05) is 19.1 Å². The lowest BCUT2D eigenvalue weighted by molar-refractivity contribution is -0.139. The second-order valence-corrected chi connectivity index (χ2v) is 13.8. The maximum atomic E-state index is 14.1. The van der Waals surface area contributed by atoms with E-state index in [1.54, 1.807) is 38.1 Å². The fourth-order valence-electron chi connectivity index (χ4n) is 5.29. The molecule has 0 saturated heterocycles. The second kappa shape index (κ2) is 14.2. The van der Waals surface area contributed by atoms with Crippen molar-refractivity contribution in [1.82, 2.24) is 10.2 Å². The van der Waals surface area contributed by atoms with Crippen molar-refractivity contribution in [3.8, 4) is 0 Å². The molecule has 7 nitrogen and oxygen atoms in total. The molecule has 0 aliphatic heterocycles. The lowest BCUT2D eigenvalue weighted by Crippen LogP contribution is -2.53. The van der Waals surface area contributed by atoms with E-state index in [2.05, 4.69) is 5.32 Å². The Labute approximate surface area is 267 Å². The predicted molar refractivity (Wildman–Crippen MR) is 168 cm³/mol. The van der Waals surface area contributed by atoms with Gasteiger partial charge >= 0.3 is 6.18 Å². The zero-order valence-electron chi connectivity index (χ0n) is 25.4. The van der Waals surface area contributed by atoms with E-state index in [0.29, 0.717) is 15.9 Å². The molecule has 242 valence electrons. The molecule has 0 spiro atoms. The highest BCUT2D eigenvalue weighted by molar-refractivity contribution is 7.92. The van der Waals surface area contributed by atoms with Gasteiger partial charge in [-0.2, -0.15) is 13.2 Å². The molecule has 0 bridgehead atoms. The summed E-state index contributed by atoms with van der Waals surface area (Å²) in [6, 6.07) is 14.7. The van der Waals surface area contributed by atoms with Crippen LogP contribution in [0.5, 0.6) is 0 Å². The summed E-state index contributed by atoms with van der Waals surface area (Å²) in [6.45, 7) is 4.34. The Hall–Kier alpha value is -3.57. The summed E-state index contributed by atoms with van der Waals surface area (Å²) in [6.07, 6.45) is -0.169. The molecule has 0 aromatic heterocycles. The van der Waals surface area contributed by atoms with Crippen LogP contribution in [0.3, 0.4) is 0 Å². The summed E-state index contributed by atoms with van der Waals surface area (Å²) >= 11 is 5.84. The van der Waals surface area contributed by atoms with Crippen molar-refractivity contribution >= 4 is 39.1 Å². The van der Waals surface area contributed by atoms with E-state index in [-0.39, 0.29) is 23.4 Å². The monoisotopic (exact) mass is 663 g/mol. The van der Waals surface area contributed by atoms with Crippen LogP contribution in [-0.4, -0.2) is 43.8 Å². The molecule has 2 amide bonds. The summed E-state index contributed by atoms with van der Waals surface area (Å²) in [5, 5.41) is 2.41. The zero-order chi connectivity index (χ0) is 32.9. The second-order valence-electron chi connectivity index (χ2n) is 11.5. The standard InChI is InChI=1S/C33H37ClF3N3O4S/c1-22-9-13-25(14-10-22)20-39(24(3)32(42)38-26-7-5-4-6-8-26)31(41)21-40(45(43,44)28-16-11-23(2)12-17-28)27-15-18-30(34)29(19-27)33(35,36)37/h9-19,24,26H,4-8,20-21H2,1-3H3,(H,38,42). The van der Waals surface area contributed by atoms with E-state index in [4.69, 9.17) is 11.6 Å². The van der Waals surface area contributed by atoms with Gasteiger partial charge in [-0.05, 0) is 69.5 Å². The minimum atomic E-state index is -4.88. The van der Waals surface area contributed by atoms with Crippen LogP contribution in [0, 0.1) is 13.8 Å². The van der Waals surface area contributed by atoms with Crippen LogP contribution < -0.4 is 9.62 Å². The number of hydrogen-bond acceptors (Lipinski definition) is 4. The van der Waals surface area contributed by atoms with Crippen molar-refractivity contribution in [2.75, 3.05) is 10.8 Å². The van der Waals surface area contributed by atoms with Gasteiger partial charge in [0.1, 0.15) is 12.6 Å². The minimum absolute atomic E-state index is 0.0226. The molecule has 1 aliphatic rings. The van der Waals surface area contributed by atoms with Crippen molar-refractivity contribution in [3.63, 3.8) is 0 Å². The Morgan fingerprint density at radius 2 is 1.51 bits per heavy atom. The van der Waals surface area contributed by atoms with Gasteiger partial charge in [-0.3, -0.25) is 13.9 Å². The number of alkyl halides is 3. The first-order valence-electron chi connectivity index (χ1n) is 14.8. The largest absolute Gasteiger partial charge is 0.417 e. The molecule has 1 fully saturated rings. The molecule has 1 saturated carbocycles. The van der Waals surface area contributed by atoms with Gasteiger partial charge in [-0.15, -0.1) is 0 Å². The zero-order valence-corrected chi connectivity index (χ0v) is 27.0. The highest BCUT2D eigenvalue weighted by atomic mass is 35.5. The van der Waals surface area contributed by atoms with Gasteiger partial charge in [0.15, 0.2) is 0 Å². The first-order valence-corrected chi connectivity index (χ1v) is 16.6. The number of aryl methyl sites for hydroxylation is 2. The quantitative estimate of drug-likeness (QED) is 0.252. The first-order chi connectivity index (χ1) is 21.2. The molecule has 1 atom stereocenters. The number of anilines is 1. The molecule has 3 aromatic carbocycles. The van der Waals surface area contributed by atoms with Crippen LogP contribution in [0.25, 0.3) is 0 Å². The van der Waals surface area contributed by atoms with Crippen LogP contribution in [-0.2, 0) is 32.3 Å². The molecule has 0 radical (unpaired) electrons. The molecular formula is C33H37ClF3N3O4S. The molecule has 1 aliphatic carbocycles. The Kier molecular flexibility index (Phi) is 10.9. The van der Waals surface area contributed by atoms with E-state index >= 15 is 0 Å². The highest BCUT2D eigenvalue weighted by Crippen LogP contribution is 2.38. The third-order valence-electron chi connectivity index (χ3n) is 8.02. The summed E-state index contributed by atoms with van der Waals surface area (Å²) in [7, 11) is -4.55. The van der Waals surface area contributed by atoms with Gasteiger partial charge < -0.3 is 10.2 Å². The topological polar surface area (TPSA) is 86.8 Å². The fraction of sp³-hybridized carbons (Fsp3) is 0.394. The van der Waals surface area contributed by atoms with Crippen LogP contribution >= 0.6 is 11.6 Å². The number of hydrogen-bond donors (Lipinski definition) is 1. The van der Waals surface area contributed by atoms with E-state index < -0.39 is 51.0 Å². The summed E-state index contributed by atoms with van der Waals surface area (Å²) in [4.78, 5) is 28.6. The van der Waals surface area contributed by atoms with Crippen LogP contribution in [0.1, 0.15) is 61.3 Å². The Balaban J connectivity index is 1.74. The predicted octanol–water partition coefficient (Wildman–Crippen LogP) is 7.04. The van der Waals surface area contributed by atoms with Gasteiger partial charge in [0.2, 0.25) is 11.8 Å². The van der Waals surface area contributed by atoms with Crippen LogP contribution in [0.4, 0.5) is 18.9 Å². The third-order valence-corrected chi connectivity index (χ3v) is 10.1. The minimum Gasteiger partial charge on any atom is -0.352 e. The number of nitrogens with one attached hydrogen (secondary N) is 1. The lowest BCUT2D eigenvalue weighted by Gasteiger charge is -2.33. The normalized spacial score (nSPS) is 14.9. The third kappa shape index (κ3) is 8.58. The molecule has 45 heavy (non-hydrogen) atoms. The molecule has 3 aromatic rings. The van der Waals surface area contributed by atoms with Crippen molar-refractivity contribution < 1.29 is 31.2 Å². The van der Waals surface area contributed by atoms with Gasteiger partial charge in [-0.1, -0.05) is 78.4 Å². The number of halogens is 4. The number of sulfonamides is 1. The Morgan fingerprint density at radius 1 is 0.933 bits per heavy atom. The number of carbonyl (C=O) groups is 2. The average molecular weight is 664 g/mol. The van der Waals surface area contributed by atoms with Crippen molar-refractivity contribution in [3.05, 3.63) is 94.0 Å². The summed E-state index contributed by atoms with van der Waals surface area (Å²) in [5.74, 6) is -1.15. The first kappa shape index (κ1) is 34.3. The number of rotatable bonds is 10. The molecular weight excluding hydrogens is 627 g/mol. The van der Waals surface area contributed by atoms with E-state index in [9.17, 15) is 31.2 Å². The SMILES string of the molecule is Cc1ccc(CN(C(=O)CN(c2ccc(Cl)c(C(F)(F)F)c2)S(=O)(=O)c2ccc(C)cc2)C(C)C(=O)NC2CCCCC2)cc1.